The normalized spacial score (nSPS) is 18.6. The molecule has 0 spiro atoms. The van der Waals surface area contributed by atoms with Gasteiger partial charge in [0.05, 0.1) is 0 Å². The largest absolute Gasteiger partial charge is 0.507 e. The highest BCUT2D eigenvalue weighted by Crippen LogP contribution is 2.18. The fourth-order valence-corrected chi connectivity index (χ4v) is 2.40. The lowest BCUT2D eigenvalue weighted by Crippen LogP contribution is -2.44. The summed E-state index contributed by atoms with van der Waals surface area (Å²) < 4.78 is 4.98. The number of phenols is 1. The van der Waals surface area contributed by atoms with Crippen molar-refractivity contribution < 1.29 is 19.4 Å². The molecule has 2 rings (SSSR count). The van der Waals surface area contributed by atoms with Crippen LogP contribution in [0.4, 0.5) is 0 Å². The van der Waals surface area contributed by atoms with Crippen molar-refractivity contribution in [3.8, 4) is 5.75 Å². The Morgan fingerprint density at radius 3 is 2.80 bits per heavy atom. The number of benzene rings is 1. The Morgan fingerprint density at radius 1 is 1.35 bits per heavy atom. The van der Waals surface area contributed by atoms with Crippen molar-refractivity contribution in [3.63, 3.8) is 0 Å². The Kier molecular flexibility index (Phi) is 4.61. The summed E-state index contributed by atoms with van der Waals surface area (Å²) in [4.78, 5) is 25.5. The van der Waals surface area contributed by atoms with E-state index in [0.717, 1.165) is 19.3 Å². The quantitative estimate of drug-likeness (QED) is 0.857. The minimum atomic E-state index is -0.680. The zero-order valence-corrected chi connectivity index (χ0v) is 11.5. The number of nitrogens with zero attached hydrogens (tertiary/aromatic N) is 1. The first-order chi connectivity index (χ1) is 9.59. The van der Waals surface area contributed by atoms with Gasteiger partial charge in [-0.1, -0.05) is 12.1 Å². The molecule has 1 atom stereocenters. The lowest BCUT2D eigenvalue weighted by Gasteiger charge is -2.33. The Balaban J connectivity index is 1.90. The van der Waals surface area contributed by atoms with Gasteiger partial charge < -0.3 is 14.7 Å². The molecule has 0 bridgehead atoms. The van der Waals surface area contributed by atoms with Crippen LogP contribution in [0.15, 0.2) is 24.3 Å². The summed E-state index contributed by atoms with van der Waals surface area (Å²) in [5.74, 6) is -1.00. The summed E-state index contributed by atoms with van der Waals surface area (Å²) in [6.45, 7) is 2.44. The SMILES string of the molecule is C[C@@H]1CCCCN1C(=O)COC(=O)c1ccccc1O. The Hall–Kier alpha value is -2.04. The smallest absolute Gasteiger partial charge is 0.342 e. The molecule has 0 saturated carbocycles. The van der Waals surface area contributed by atoms with Gasteiger partial charge in [0, 0.05) is 12.6 Å². The molecule has 5 heteroatoms. The van der Waals surface area contributed by atoms with Crippen LogP contribution in [0.2, 0.25) is 0 Å². The number of para-hydroxylation sites is 1. The van der Waals surface area contributed by atoms with E-state index < -0.39 is 5.97 Å². The molecular weight excluding hydrogens is 258 g/mol. The van der Waals surface area contributed by atoms with E-state index in [4.69, 9.17) is 4.74 Å². The van der Waals surface area contributed by atoms with Gasteiger partial charge in [-0.25, -0.2) is 4.79 Å². The lowest BCUT2D eigenvalue weighted by atomic mass is 10.0. The number of likely N-dealkylation sites (tertiary alicyclic amines) is 1. The number of phenolic OH excluding ortho intramolecular Hbond substituents is 1. The number of aromatic hydroxyl groups is 1. The second kappa shape index (κ2) is 6.41. The van der Waals surface area contributed by atoms with E-state index >= 15 is 0 Å². The maximum Gasteiger partial charge on any atom is 0.342 e. The number of ether oxygens (including phenoxy) is 1. The number of hydrogen-bond donors (Lipinski definition) is 1. The van der Waals surface area contributed by atoms with Gasteiger partial charge in [0.15, 0.2) is 6.61 Å². The van der Waals surface area contributed by atoms with E-state index in [1.165, 1.54) is 12.1 Å². The van der Waals surface area contributed by atoms with Gasteiger partial charge in [0.2, 0.25) is 0 Å². The summed E-state index contributed by atoms with van der Waals surface area (Å²) in [5, 5.41) is 9.54. The number of hydrogen-bond acceptors (Lipinski definition) is 4. The number of carbonyl (C=O) groups excluding carboxylic acids is 2. The summed E-state index contributed by atoms with van der Waals surface area (Å²) in [6, 6.07) is 6.31. The van der Waals surface area contributed by atoms with Crippen LogP contribution in [0.1, 0.15) is 36.5 Å². The van der Waals surface area contributed by atoms with Crippen LogP contribution in [0, 0.1) is 0 Å². The van der Waals surface area contributed by atoms with Gasteiger partial charge in [0.25, 0.3) is 5.91 Å². The first-order valence-electron chi connectivity index (χ1n) is 6.84. The number of amides is 1. The van der Waals surface area contributed by atoms with Crippen LogP contribution in [0.3, 0.4) is 0 Å². The highest BCUT2D eigenvalue weighted by atomic mass is 16.5. The van der Waals surface area contributed by atoms with Gasteiger partial charge in [-0.05, 0) is 38.3 Å². The highest BCUT2D eigenvalue weighted by Gasteiger charge is 2.24. The van der Waals surface area contributed by atoms with Crippen LogP contribution < -0.4 is 0 Å². The minimum Gasteiger partial charge on any atom is -0.507 e. The van der Waals surface area contributed by atoms with Crippen molar-refractivity contribution in [1.82, 2.24) is 4.90 Å². The Morgan fingerprint density at radius 2 is 2.10 bits per heavy atom. The predicted octanol–water partition coefficient (Wildman–Crippen LogP) is 1.95. The first-order valence-corrected chi connectivity index (χ1v) is 6.84. The monoisotopic (exact) mass is 277 g/mol. The molecule has 5 nitrogen and oxygen atoms in total. The Bertz CT molecular complexity index is 500. The summed E-state index contributed by atoms with van der Waals surface area (Å²) in [7, 11) is 0. The Labute approximate surface area is 118 Å². The molecule has 0 radical (unpaired) electrons. The van der Waals surface area contributed by atoms with Gasteiger partial charge in [-0.2, -0.15) is 0 Å². The standard InChI is InChI=1S/C15H19NO4/c1-11-6-4-5-9-16(11)14(18)10-20-15(19)12-7-2-3-8-13(12)17/h2-3,7-8,11,17H,4-6,9-10H2,1H3/t11-/m1/s1. The summed E-state index contributed by atoms with van der Waals surface area (Å²) in [5.41, 5.74) is 0.0759. The number of piperidine rings is 1. The van der Waals surface area contributed by atoms with Crippen LogP contribution in [0.25, 0.3) is 0 Å². The van der Waals surface area contributed by atoms with Gasteiger partial charge in [-0.15, -0.1) is 0 Å². The molecular formula is C15H19NO4. The zero-order valence-electron chi connectivity index (χ0n) is 11.5. The van der Waals surface area contributed by atoms with E-state index in [0.29, 0.717) is 6.54 Å². The zero-order chi connectivity index (χ0) is 14.5. The van der Waals surface area contributed by atoms with Crippen molar-refractivity contribution in [3.05, 3.63) is 29.8 Å². The van der Waals surface area contributed by atoms with Crippen LogP contribution in [0.5, 0.6) is 5.75 Å². The average Bonchev–Trinajstić information content (AvgIpc) is 2.45. The van der Waals surface area contributed by atoms with Crippen molar-refractivity contribution in [1.29, 1.82) is 0 Å². The molecule has 1 N–H and O–H groups in total. The third-order valence-corrected chi connectivity index (χ3v) is 3.57. The first kappa shape index (κ1) is 14.4. The summed E-state index contributed by atoms with van der Waals surface area (Å²) >= 11 is 0. The van der Waals surface area contributed by atoms with Crippen LogP contribution >= 0.6 is 0 Å². The van der Waals surface area contributed by atoms with E-state index in [-0.39, 0.29) is 29.9 Å². The molecule has 1 aromatic rings. The number of rotatable bonds is 3. The van der Waals surface area contributed by atoms with Crippen molar-refractivity contribution >= 4 is 11.9 Å². The highest BCUT2D eigenvalue weighted by molar-refractivity contribution is 5.93. The maximum absolute atomic E-state index is 12.0. The van der Waals surface area contributed by atoms with E-state index in [1.54, 1.807) is 17.0 Å². The fourth-order valence-electron chi connectivity index (χ4n) is 2.40. The molecule has 108 valence electrons. The molecule has 1 aliphatic heterocycles. The maximum atomic E-state index is 12.0. The van der Waals surface area contributed by atoms with Crippen LogP contribution in [-0.4, -0.2) is 41.1 Å². The molecule has 1 fully saturated rings. The molecule has 1 heterocycles. The van der Waals surface area contributed by atoms with Crippen molar-refractivity contribution in [2.45, 2.75) is 32.2 Å². The molecule has 1 saturated heterocycles. The van der Waals surface area contributed by atoms with E-state index in [2.05, 4.69) is 0 Å². The molecule has 1 amide bonds. The molecule has 1 aromatic carbocycles. The topological polar surface area (TPSA) is 66.8 Å². The number of carbonyl (C=O) groups is 2. The molecule has 0 aromatic heterocycles. The summed E-state index contributed by atoms with van der Waals surface area (Å²) in [6.07, 6.45) is 3.10. The lowest BCUT2D eigenvalue weighted by molar-refractivity contribution is -0.137. The minimum absolute atomic E-state index is 0.0759. The second-order valence-corrected chi connectivity index (χ2v) is 5.03. The third-order valence-electron chi connectivity index (χ3n) is 3.57. The van der Waals surface area contributed by atoms with Crippen molar-refractivity contribution in [2.24, 2.45) is 0 Å². The van der Waals surface area contributed by atoms with Crippen LogP contribution in [-0.2, 0) is 9.53 Å². The fraction of sp³-hybridized carbons (Fsp3) is 0.467. The predicted molar refractivity (Wildman–Crippen MR) is 73.4 cm³/mol. The molecule has 1 aliphatic rings. The molecule has 0 unspecified atom stereocenters. The second-order valence-electron chi connectivity index (χ2n) is 5.03. The van der Waals surface area contributed by atoms with Crippen molar-refractivity contribution in [2.75, 3.05) is 13.2 Å². The average molecular weight is 277 g/mol. The molecule has 0 aliphatic carbocycles. The van der Waals surface area contributed by atoms with Gasteiger partial charge in [0.1, 0.15) is 11.3 Å². The third kappa shape index (κ3) is 3.29. The van der Waals surface area contributed by atoms with Gasteiger partial charge in [-0.3, -0.25) is 4.79 Å². The van der Waals surface area contributed by atoms with E-state index in [1.807, 2.05) is 6.92 Å². The molecule has 20 heavy (non-hydrogen) atoms. The van der Waals surface area contributed by atoms with E-state index in [9.17, 15) is 14.7 Å². The number of esters is 1. The van der Waals surface area contributed by atoms with Gasteiger partial charge >= 0.3 is 5.97 Å².